The highest BCUT2D eigenvalue weighted by Crippen LogP contribution is 2.37. The molecule has 0 amide bonds. The zero-order chi connectivity index (χ0) is 33.2. The van der Waals surface area contributed by atoms with Crippen LogP contribution in [-0.4, -0.2) is 153 Å². The summed E-state index contributed by atoms with van der Waals surface area (Å²) in [6, 6.07) is 0. The molecule has 4 rings (SSSR count). The molecule has 0 radical (unpaired) electrons. The first kappa shape index (κ1) is 36.2. The van der Waals surface area contributed by atoms with Crippen molar-refractivity contribution >= 4 is 34.6 Å². The molecule has 0 unspecified atom stereocenters. The van der Waals surface area contributed by atoms with Crippen molar-refractivity contribution in [1.29, 1.82) is 0 Å². The number of aromatic nitrogens is 4. The van der Waals surface area contributed by atoms with Gasteiger partial charge in [0.1, 0.15) is 11.0 Å². The number of hydrogen-bond donors (Lipinski definition) is 0. The molecule has 0 aliphatic carbocycles. The first-order valence-electron chi connectivity index (χ1n) is 16.4. The molecule has 0 bridgehead atoms. The van der Waals surface area contributed by atoms with E-state index in [1.807, 2.05) is 0 Å². The fourth-order valence-electron chi connectivity index (χ4n) is 5.91. The van der Waals surface area contributed by atoms with Crippen LogP contribution in [0.15, 0.2) is 0 Å². The predicted octanol–water partition coefficient (Wildman–Crippen LogP) is 2.63. The maximum atomic E-state index is 5.88. The summed E-state index contributed by atoms with van der Waals surface area (Å²) < 4.78 is 33.6. The highest BCUT2D eigenvalue weighted by Gasteiger charge is 2.35. The SMILES string of the molecule is COCCN(CCOC)c1nc(N2CCC(C)(OC)CC2)c2nc(N(CCOC)CCOC)nc(N3CCC(C)(OC)CC3)c2n1. The molecule has 2 aromatic rings. The molecule has 260 valence electrons. The van der Waals surface area contributed by atoms with Gasteiger partial charge in [-0.2, -0.15) is 9.97 Å². The maximum Gasteiger partial charge on any atom is 0.228 e. The molecule has 0 atom stereocenters. The highest BCUT2D eigenvalue weighted by molar-refractivity contribution is 5.95. The molecule has 0 saturated carbocycles. The Morgan fingerprint density at radius 2 is 0.826 bits per heavy atom. The summed E-state index contributed by atoms with van der Waals surface area (Å²) in [4.78, 5) is 29.8. The summed E-state index contributed by atoms with van der Waals surface area (Å²) in [7, 11) is 10.4. The van der Waals surface area contributed by atoms with Gasteiger partial charge in [0, 0.05) is 95.0 Å². The Balaban J connectivity index is 1.92. The van der Waals surface area contributed by atoms with Gasteiger partial charge in [0.2, 0.25) is 11.9 Å². The van der Waals surface area contributed by atoms with Crippen molar-refractivity contribution in [1.82, 2.24) is 19.9 Å². The number of nitrogens with zero attached hydrogens (tertiary/aromatic N) is 8. The fourth-order valence-corrected chi connectivity index (χ4v) is 5.91. The summed E-state index contributed by atoms with van der Waals surface area (Å²) in [6.45, 7) is 12.1. The molecule has 2 aliphatic heterocycles. The lowest BCUT2D eigenvalue weighted by Crippen LogP contribution is -2.45. The number of piperidine rings is 2. The molecule has 4 heterocycles. The van der Waals surface area contributed by atoms with Gasteiger partial charge in [0.05, 0.1) is 37.6 Å². The van der Waals surface area contributed by atoms with E-state index in [4.69, 9.17) is 48.4 Å². The van der Waals surface area contributed by atoms with Crippen LogP contribution in [-0.2, 0) is 28.4 Å². The van der Waals surface area contributed by atoms with Crippen molar-refractivity contribution in [3.63, 3.8) is 0 Å². The predicted molar refractivity (Wildman–Crippen MR) is 181 cm³/mol. The van der Waals surface area contributed by atoms with Gasteiger partial charge in [-0.1, -0.05) is 0 Å². The maximum absolute atomic E-state index is 5.88. The Bertz CT molecular complexity index is 1110. The third kappa shape index (κ3) is 8.84. The molecule has 2 aromatic heterocycles. The van der Waals surface area contributed by atoms with E-state index in [-0.39, 0.29) is 11.2 Å². The van der Waals surface area contributed by atoms with Gasteiger partial charge < -0.3 is 48.0 Å². The smallest absolute Gasteiger partial charge is 0.228 e. The van der Waals surface area contributed by atoms with Crippen LogP contribution >= 0.6 is 0 Å². The van der Waals surface area contributed by atoms with Crippen molar-refractivity contribution in [2.45, 2.75) is 50.7 Å². The Hall–Kier alpha value is -2.62. The normalized spacial score (nSPS) is 17.9. The van der Waals surface area contributed by atoms with Gasteiger partial charge in [-0.05, 0) is 39.5 Å². The van der Waals surface area contributed by atoms with Gasteiger partial charge in [-0.25, -0.2) is 9.97 Å². The minimum Gasteiger partial charge on any atom is -0.383 e. The monoisotopic (exact) mass is 648 g/mol. The average molecular weight is 649 g/mol. The van der Waals surface area contributed by atoms with Crippen LogP contribution in [0.1, 0.15) is 39.5 Å². The second-order valence-electron chi connectivity index (χ2n) is 12.6. The topological polar surface area (TPSA) is 120 Å². The second-order valence-corrected chi connectivity index (χ2v) is 12.6. The molecule has 0 spiro atoms. The minimum absolute atomic E-state index is 0.171. The van der Waals surface area contributed by atoms with Crippen LogP contribution in [0.3, 0.4) is 0 Å². The summed E-state index contributed by atoms with van der Waals surface area (Å²) in [5, 5.41) is 0. The number of ether oxygens (including phenoxy) is 6. The fraction of sp³-hybridized carbons (Fsp3) is 0.812. The van der Waals surface area contributed by atoms with E-state index in [1.54, 1.807) is 42.7 Å². The summed E-state index contributed by atoms with van der Waals surface area (Å²) in [5.41, 5.74) is 1.14. The number of hydrogen-bond acceptors (Lipinski definition) is 14. The van der Waals surface area contributed by atoms with E-state index in [9.17, 15) is 0 Å². The molecular formula is C32H56N8O6. The number of anilines is 4. The van der Waals surface area contributed by atoms with Crippen molar-refractivity contribution in [2.75, 3.05) is 141 Å². The van der Waals surface area contributed by atoms with E-state index in [2.05, 4.69) is 33.4 Å². The van der Waals surface area contributed by atoms with Crippen molar-refractivity contribution in [3.05, 3.63) is 0 Å². The average Bonchev–Trinajstić information content (AvgIpc) is 3.08. The van der Waals surface area contributed by atoms with Crippen LogP contribution in [0.5, 0.6) is 0 Å². The molecule has 14 nitrogen and oxygen atoms in total. The van der Waals surface area contributed by atoms with Crippen LogP contribution in [0.4, 0.5) is 23.5 Å². The first-order valence-corrected chi connectivity index (χ1v) is 16.4. The van der Waals surface area contributed by atoms with Crippen molar-refractivity contribution in [3.8, 4) is 0 Å². The standard InChI is InChI=1S/C32H56N8O6/c1-31(45-7)9-13-37(14-10-31)27-25-26(34-29(35-27)39(17-21-41-3)18-22-42-4)28(38-15-11-32(2,46-8)12-16-38)36-30(33-25)40(19-23-43-5)20-24-44-6/h9-24H2,1-8H3. The Morgan fingerprint density at radius 3 is 1.09 bits per heavy atom. The second kappa shape index (κ2) is 17.0. The molecule has 0 aromatic carbocycles. The lowest BCUT2D eigenvalue weighted by atomic mass is 9.93. The highest BCUT2D eigenvalue weighted by atomic mass is 16.5. The van der Waals surface area contributed by atoms with Gasteiger partial charge in [-0.15, -0.1) is 0 Å². The third-order valence-corrected chi connectivity index (χ3v) is 9.54. The van der Waals surface area contributed by atoms with Crippen LogP contribution in [0.25, 0.3) is 11.0 Å². The van der Waals surface area contributed by atoms with Crippen molar-refractivity contribution < 1.29 is 28.4 Å². The first-order chi connectivity index (χ1) is 22.2. The van der Waals surface area contributed by atoms with Crippen LogP contribution in [0, 0.1) is 0 Å². The molecule has 2 saturated heterocycles. The van der Waals surface area contributed by atoms with E-state index >= 15 is 0 Å². The Kier molecular flexibility index (Phi) is 13.4. The van der Waals surface area contributed by atoms with Gasteiger partial charge in [0.15, 0.2) is 11.6 Å². The number of rotatable bonds is 18. The minimum atomic E-state index is -0.171. The number of methoxy groups -OCH3 is 6. The summed E-state index contributed by atoms with van der Waals surface area (Å²) in [5.74, 6) is 2.84. The van der Waals surface area contributed by atoms with E-state index in [0.717, 1.165) is 74.5 Å². The number of fused-ring (bicyclic) bond motifs is 1. The largest absolute Gasteiger partial charge is 0.383 e. The Morgan fingerprint density at radius 1 is 0.522 bits per heavy atom. The molecular weight excluding hydrogens is 592 g/mol. The lowest BCUT2D eigenvalue weighted by molar-refractivity contribution is -0.0135. The van der Waals surface area contributed by atoms with Gasteiger partial charge in [-0.3, -0.25) is 0 Å². The third-order valence-electron chi connectivity index (χ3n) is 9.54. The molecule has 46 heavy (non-hydrogen) atoms. The zero-order valence-electron chi connectivity index (χ0n) is 29.3. The molecule has 14 heteroatoms. The molecule has 2 fully saturated rings. The quantitative estimate of drug-likeness (QED) is 0.236. The van der Waals surface area contributed by atoms with Gasteiger partial charge >= 0.3 is 0 Å². The van der Waals surface area contributed by atoms with Crippen LogP contribution < -0.4 is 19.6 Å². The molecule has 2 aliphatic rings. The van der Waals surface area contributed by atoms with E-state index < -0.39 is 0 Å². The van der Waals surface area contributed by atoms with Crippen molar-refractivity contribution in [2.24, 2.45) is 0 Å². The van der Waals surface area contributed by atoms with E-state index in [1.165, 1.54) is 0 Å². The summed E-state index contributed by atoms with van der Waals surface area (Å²) >= 11 is 0. The van der Waals surface area contributed by atoms with Gasteiger partial charge in [0.25, 0.3) is 0 Å². The molecule has 0 N–H and O–H groups in total. The zero-order valence-corrected chi connectivity index (χ0v) is 29.3. The summed E-state index contributed by atoms with van der Waals surface area (Å²) in [6.07, 6.45) is 3.51. The van der Waals surface area contributed by atoms with E-state index in [0.29, 0.717) is 64.5 Å². The lowest BCUT2D eigenvalue weighted by Gasteiger charge is -2.40. The Labute approximate surface area is 274 Å². The van der Waals surface area contributed by atoms with Crippen LogP contribution in [0.2, 0.25) is 0 Å².